The molecule has 0 spiro atoms. The standard InChI is InChI=1S/C20H30O8/c1-8(2)16-11(21)10-13(4)12-19(25,17(23)9(3)6-7-15(13,17)22)18(10,24)14(5,27-16)20(12,26)28-16/h8-12,21-26H,6-7H2,1-5H3/t9-,10+,11?,12?,13+,14+,15+,16-,17+,18+,19+,20-/m1/s1. The Morgan fingerprint density at radius 3 is 2.11 bits per heavy atom. The van der Waals surface area contributed by atoms with Gasteiger partial charge in [0.1, 0.15) is 28.5 Å². The van der Waals surface area contributed by atoms with Gasteiger partial charge in [0.15, 0.2) is 5.60 Å². The average molecular weight is 398 g/mol. The van der Waals surface area contributed by atoms with Crippen molar-refractivity contribution in [2.75, 3.05) is 0 Å². The molecule has 0 aromatic rings. The molecule has 6 fully saturated rings. The van der Waals surface area contributed by atoms with Crippen LogP contribution < -0.4 is 0 Å². The van der Waals surface area contributed by atoms with Gasteiger partial charge < -0.3 is 40.1 Å². The van der Waals surface area contributed by atoms with Crippen LogP contribution in [0.15, 0.2) is 0 Å². The molecule has 6 rings (SSSR count). The molecule has 0 aromatic heterocycles. The summed E-state index contributed by atoms with van der Waals surface area (Å²) in [5.74, 6) is -6.94. The summed E-state index contributed by atoms with van der Waals surface area (Å²) in [4.78, 5) is 0. The summed E-state index contributed by atoms with van der Waals surface area (Å²) in [6, 6.07) is 0. The van der Waals surface area contributed by atoms with Crippen molar-refractivity contribution in [1.82, 2.24) is 0 Å². The summed E-state index contributed by atoms with van der Waals surface area (Å²) >= 11 is 0. The van der Waals surface area contributed by atoms with Crippen molar-refractivity contribution in [3.8, 4) is 0 Å². The Bertz CT molecular complexity index is 835. The van der Waals surface area contributed by atoms with E-state index in [2.05, 4.69) is 0 Å². The van der Waals surface area contributed by atoms with Crippen molar-refractivity contribution >= 4 is 0 Å². The first kappa shape index (κ1) is 18.4. The van der Waals surface area contributed by atoms with Gasteiger partial charge in [0.25, 0.3) is 0 Å². The van der Waals surface area contributed by atoms with Gasteiger partial charge in [-0.3, -0.25) is 0 Å². The Kier molecular flexibility index (Phi) is 2.61. The molecular weight excluding hydrogens is 368 g/mol. The van der Waals surface area contributed by atoms with Gasteiger partial charge >= 0.3 is 0 Å². The zero-order chi connectivity index (χ0) is 20.7. The Hall–Kier alpha value is -0.320. The summed E-state index contributed by atoms with van der Waals surface area (Å²) in [6.07, 6.45) is -0.766. The first-order valence-corrected chi connectivity index (χ1v) is 10.3. The number of ether oxygens (including phenoxy) is 2. The minimum absolute atomic E-state index is 0.196. The van der Waals surface area contributed by atoms with E-state index >= 15 is 0 Å². The Balaban J connectivity index is 1.76. The predicted molar refractivity (Wildman–Crippen MR) is 92.4 cm³/mol. The molecule has 6 aliphatic rings. The van der Waals surface area contributed by atoms with Crippen LogP contribution in [0.2, 0.25) is 0 Å². The zero-order valence-corrected chi connectivity index (χ0v) is 16.8. The lowest BCUT2D eigenvalue weighted by Gasteiger charge is -2.67. The fourth-order valence-electron chi connectivity index (χ4n) is 9.39. The highest BCUT2D eigenvalue weighted by molar-refractivity contribution is 5.55. The third kappa shape index (κ3) is 1.02. The SMILES string of the molecule is CC(C)[C@]12O[C@@]3(C)[C@@]4(O)[C@@H](C1O)[C@@]1(C)C([C@]4(O)[C@]4(O)[C@H](C)CC[C@@]41O)[C@@]3(O)O2. The smallest absolute Gasteiger partial charge is 0.207 e. The lowest BCUT2D eigenvalue weighted by Crippen LogP contribution is -2.86. The fourth-order valence-corrected chi connectivity index (χ4v) is 9.39. The molecular formula is C20H30O8. The van der Waals surface area contributed by atoms with E-state index in [0.29, 0.717) is 6.42 Å². The molecule has 0 aromatic carbocycles. The maximum absolute atomic E-state index is 12.1. The average Bonchev–Trinajstić information content (AvgIpc) is 3.11. The van der Waals surface area contributed by atoms with Crippen LogP contribution in [0.5, 0.6) is 0 Å². The minimum Gasteiger partial charge on any atom is -0.387 e. The number of rotatable bonds is 1. The molecule has 2 saturated heterocycles. The lowest BCUT2D eigenvalue weighted by atomic mass is 9.46. The van der Waals surface area contributed by atoms with E-state index in [1.165, 1.54) is 6.92 Å². The Morgan fingerprint density at radius 2 is 1.54 bits per heavy atom. The first-order valence-electron chi connectivity index (χ1n) is 10.3. The summed E-state index contributed by atoms with van der Waals surface area (Å²) in [6.45, 7) is 8.43. The second-order valence-electron chi connectivity index (χ2n) is 11.0. The van der Waals surface area contributed by atoms with E-state index in [1.807, 2.05) is 0 Å². The van der Waals surface area contributed by atoms with Crippen molar-refractivity contribution in [1.29, 1.82) is 0 Å². The second-order valence-corrected chi connectivity index (χ2v) is 11.0. The number of fused-ring (bicyclic) bond motifs is 4. The van der Waals surface area contributed by atoms with Crippen LogP contribution in [0, 0.1) is 29.1 Å². The van der Waals surface area contributed by atoms with Crippen molar-refractivity contribution < 1.29 is 40.1 Å². The van der Waals surface area contributed by atoms with Crippen LogP contribution in [0.1, 0.15) is 47.5 Å². The largest absolute Gasteiger partial charge is 0.387 e. The highest BCUT2D eigenvalue weighted by atomic mass is 16.8. The molecule has 2 heterocycles. The van der Waals surface area contributed by atoms with Crippen LogP contribution in [0.25, 0.3) is 0 Å². The maximum atomic E-state index is 12.1. The molecule has 8 nitrogen and oxygen atoms in total. The van der Waals surface area contributed by atoms with Gasteiger partial charge in [-0.25, -0.2) is 0 Å². The molecule has 2 unspecified atom stereocenters. The van der Waals surface area contributed by atoms with Crippen molar-refractivity contribution in [3.63, 3.8) is 0 Å². The van der Waals surface area contributed by atoms with Crippen LogP contribution in [-0.2, 0) is 9.47 Å². The van der Waals surface area contributed by atoms with E-state index in [4.69, 9.17) is 9.47 Å². The van der Waals surface area contributed by atoms with E-state index in [9.17, 15) is 30.6 Å². The quantitative estimate of drug-likeness (QED) is 0.325. The summed E-state index contributed by atoms with van der Waals surface area (Å²) in [7, 11) is 0. The minimum atomic E-state index is -2.31. The lowest BCUT2D eigenvalue weighted by molar-refractivity contribution is -0.413. The molecule has 6 N–H and O–H groups in total. The monoisotopic (exact) mass is 398 g/mol. The van der Waals surface area contributed by atoms with E-state index in [0.717, 1.165) is 0 Å². The van der Waals surface area contributed by atoms with Crippen LogP contribution in [0.4, 0.5) is 0 Å². The van der Waals surface area contributed by atoms with Crippen LogP contribution in [-0.4, -0.2) is 76.3 Å². The number of aliphatic hydroxyl groups excluding tert-OH is 1. The molecule has 4 saturated carbocycles. The van der Waals surface area contributed by atoms with Crippen LogP contribution >= 0.6 is 0 Å². The summed E-state index contributed by atoms with van der Waals surface area (Å²) < 4.78 is 12.2. The van der Waals surface area contributed by atoms with Gasteiger partial charge in [-0.1, -0.05) is 27.7 Å². The third-order valence-electron chi connectivity index (χ3n) is 10.5. The predicted octanol–water partition coefficient (Wildman–Crippen LogP) is -1.16. The van der Waals surface area contributed by atoms with Gasteiger partial charge in [-0.05, 0) is 25.7 Å². The molecule has 2 aliphatic heterocycles. The van der Waals surface area contributed by atoms with Crippen molar-refractivity contribution in [3.05, 3.63) is 0 Å². The zero-order valence-electron chi connectivity index (χ0n) is 16.8. The summed E-state index contributed by atoms with van der Waals surface area (Å²) in [5.41, 5.74) is -11.5. The fraction of sp³-hybridized carbons (Fsp3) is 1.00. The van der Waals surface area contributed by atoms with Crippen LogP contribution in [0.3, 0.4) is 0 Å². The van der Waals surface area contributed by atoms with E-state index in [1.54, 1.807) is 27.7 Å². The highest BCUT2D eigenvalue weighted by Gasteiger charge is 3.10. The molecule has 28 heavy (non-hydrogen) atoms. The second kappa shape index (κ2) is 3.96. The van der Waals surface area contributed by atoms with Gasteiger partial charge in [-0.15, -0.1) is 0 Å². The third-order valence-corrected chi connectivity index (χ3v) is 10.5. The number of aliphatic hydroxyl groups is 6. The van der Waals surface area contributed by atoms with Gasteiger partial charge in [0.05, 0.1) is 5.92 Å². The molecule has 6 bridgehead atoms. The molecule has 4 aliphatic carbocycles. The van der Waals surface area contributed by atoms with Gasteiger partial charge in [0, 0.05) is 17.3 Å². The van der Waals surface area contributed by atoms with Gasteiger partial charge in [0.2, 0.25) is 11.6 Å². The van der Waals surface area contributed by atoms with Crippen molar-refractivity contribution in [2.24, 2.45) is 29.1 Å². The Morgan fingerprint density at radius 1 is 0.929 bits per heavy atom. The van der Waals surface area contributed by atoms with Gasteiger partial charge in [-0.2, -0.15) is 0 Å². The first-order chi connectivity index (χ1) is 12.6. The topological polar surface area (TPSA) is 140 Å². The van der Waals surface area contributed by atoms with E-state index in [-0.39, 0.29) is 12.3 Å². The Labute approximate surface area is 163 Å². The molecule has 0 radical (unpaired) electrons. The molecule has 12 atom stereocenters. The molecule has 8 heteroatoms. The summed E-state index contributed by atoms with van der Waals surface area (Å²) in [5, 5.41) is 71.2. The normalized spacial score (nSPS) is 75.9. The maximum Gasteiger partial charge on any atom is 0.207 e. The van der Waals surface area contributed by atoms with E-state index < -0.39 is 68.9 Å². The molecule has 158 valence electrons. The van der Waals surface area contributed by atoms with Crippen molar-refractivity contribution in [2.45, 2.75) is 93.1 Å². The molecule has 0 amide bonds. The number of hydrogen-bond donors (Lipinski definition) is 6. The number of hydrogen-bond acceptors (Lipinski definition) is 8. The highest BCUT2D eigenvalue weighted by Crippen LogP contribution is 2.91.